The zero-order chi connectivity index (χ0) is 13.1. The van der Waals surface area contributed by atoms with Crippen LogP contribution in [0.1, 0.15) is 11.4 Å². The lowest BCUT2D eigenvalue weighted by molar-refractivity contribution is 0.302. The maximum absolute atomic E-state index is 5.74. The van der Waals surface area contributed by atoms with Crippen LogP contribution in [0.3, 0.4) is 0 Å². The van der Waals surface area contributed by atoms with E-state index in [-0.39, 0.29) is 0 Å². The summed E-state index contributed by atoms with van der Waals surface area (Å²) in [6, 6.07) is 12.8. The number of nitrogens with zero attached hydrogens (tertiary/aromatic N) is 1. The molecule has 0 aliphatic heterocycles. The van der Waals surface area contributed by atoms with Gasteiger partial charge in [-0.2, -0.15) is 5.10 Å². The van der Waals surface area contributed by atoms with Crippen molar-refractivity contribution in [1.29, 1.82) is 0 Å². The van der Waals surface area contributed by atoms with Crippen LogP contribution in [0.5, 0.6) is 5.75 Å². The standard InChI is InChI=1S/C15H14N3O/c1-11-15(9-17-18-11)12-4-2-6-14(8-12)19-10-13-5-3-7-16-13/h3-9,16H,10H2,1H3,(H,17,18). The first-order valence-electron chi connectivity index (χ1n) is 6.10. The highest BCUT2D eigenvalue weighted by Gasteiger charge is 2.05. The van der Waals surface area contributed by atoms with Crippen molar-refractivity contribution >= 4 is 0 Å². The predicted octanol–water partition coefficient (Wildman–Crippen LogP) is 3.09. The van der Waals surface area contributed by atoms with Gasteiger partial charge in [-0.15, -0.1) is 0 Å². The smallest absolute Gasteiger partial charge is 0.128 e. The number of hydrogen-bond donors (Lipinski definition) is 2. The van der Waals surface area contributed by atoms with E-state index in [2.05, 4.69) is 21.2 Å². The van der Waals surface area contributed by atoms with Crippen molar-refractivity contribution in [2.24, 2.45) is 0 Å². The predicted molar refractivity (Wildman–Crippen MR) is 72.7 cm³/mol. The van der Waals surface area contributed by atoms with Gasteiger partial charge in [-0.1, -0.05) is 0 Å². The van der Waals surface area contributed by atoms with Crippen molar-refractivity contribution in [3.05, 3.63) is 60.2 Å². The quantitative estimate of drug-likeness (QED) is 0.749. The van der Waals surface area contributed by atoms with Gasteiger partial charge in [0.1, 0.15) is 12.4 Å². The summed E-state index contributed by atoms with van der Waals surface area (Å²) < 4.78 is 5.74. The molecule has 0 spiro atoms. The Morgan fingerprint density at radius 3 is 3.05 bits per heavy atom. The van der Waals surface area contributed by atoms with Gasteiger partial charge in [0.25, 0.3) is 0 Å². The van der Waals surface area contributed by atoms with E-state index >= 15 is 0 Å². The first-order chi connectivity index (χ1) is 9.33. The maximum atomic E-state index is 5.74. The van der Waals surface area contributed by atoms with Crippen molar-refractivity contribution in [2.45, 2.75) is 13.5 Å². The van der Waals surface area contributed by atoms with Gasteiger partial charge in [0, 0.05) is 18.0 Å². The number of aryl methyl sites for hydroxylation is 1. The highest BCUT2D eigenvalue weighted by atomic mass is 16.5. The van der Waals surface area contributed by atoms with Gasteiger partial charge in [0.05, 0.1) is 11.4 Å². The molecule has 3 rings (SSSR count). The summed E-state index contributed by atoms with van der Waals surface area (Å²) >= 11 is 0. The van der Waals surface area contributed by atoms with E-state index in [0.717, 1.165) is 28.3 Å². The summed E-state index contributed by atoms with van der Waals surface area (Å²) in [5.41, 5.74) is 4.14. The minimum Gasteiger partial charge on any atom is -0.487 e. The second kappa shape index (κ2) is 5.02. The van der Waals surface area contributed by atoms with Gasteiger partial charge in [0.15, 0.2) is 0 Å². The van der Waals surface area contributed by atoms with Crippen molar-refractivity contribution in [1.82, 2.24) is 15.2 Å². The Hall–Kier alpha value is -2.49. The van der Waals surface area contributed by atoms with E-state index in [1.807, 2.05) is 49.6 Å². The fourth-order valence-corrected chi connectivity index (χ4v) is 1.96. The van der Waals surface area contributed by atoms with Crippen molar-refractivity contribution in [3.63, 3.8) is 0 Å². The van der Waals surface area contributed by atoms with Crippen LogP contribution < -0.4 is 4.74 Å². The molecule has 0 amide bonds. The first kappa shape index (κ1) is 11.6. The number of H-pyrrole nitrogens is 2. The molecule has 1 radical (unpaired) electrons. The van der Waals surface area contributed by atoms with E-state index in [4.69, 9.17) is 4.74 Å². The second-order valence-electron chi connectivity index (χ2n) is 4.33. The minimum atomic E-state index is 0.522. The SMILES string of the molecule is Cc1n[nH]cc1-c1c[c]cc(OCc2ccc[nH]2)c1. The zero-order valence-corrected chi connectivity index (χ0v) is 10.6. The molecule has 0 fully saturated rings. The molecule has 0 unspecified atom stereocenters. The molecular formula is C15H14N3O. The van der Waals surface area contributed by atoms with Crippen LogP contribution in [0.25, 0.3) is 11.1 Å². The van der Waals surface area contributed by atoms with Gasteiger partial charge in [-0.05, 0) is 48.9 Å². The molecular weight excluding hydrogens is 238 g/mol. The molecule has 3 aromatic rings. The van der Waals surface area contributed by atoms with E-state index in [1.54, 1.807) is 0 Å². The van der Waals surface area contributed by atoms with Crippen LogP contribution in [0.2, 0.25) is 0 Å². The average Bonchev–Trinajstić information content (AvgIpc) is 3.08. The molecule has 4 heteroatoms. The molecule has 4 nitrogen and oxygen atoms in total. The van der Waals surface area contributed by atoms with Crippen LogP contribution in [0.15, 0.2) is 42.7 Å². The lowest BCUT2D eigenvalue weighted by atomic mass is 10.1. The summed E-state index contributed by atoms with van der Waals surface area (Å²) in [4.78, 5) is 3.11. The summed E-state index contributed by atoms with van der Waals surface area (Å²) in [6.45, 7) is 2.49. The van der Waals surface area contributed by atoms with Gasteiger partial charge in [-0.3, -0.25) is 5.10 Å². The minimum absolute atomic E-state index is 0.522. The Balaban J connectivity index is 1.78. The van der Waals surface area contributed by atoms with Crippen LogP contribution >= 0.6 is 0 Å². The van der Waals surface area contributed by atoms with Crippen molar-refractivity contribution in [3.8, 4) is 16.9 Å². The number of ether oxygens (including phenoxy) is 1. The Kier molecular flexibility index (Phi) is 3.06. The lowest BCUT2D eigenvalue weighted by Gasteiger charge is -2.06. The Labute approximate surface area is 111 Å². The van der Waals surface area contributed by atoms with Gasteiger partial charge in [-0.25, -0.2) is 0 Å². The van der Waals surface area contributed by atoms with Gasteiger partial charge < -0.3 is 9.72 Å². The highest BCUT2D eigenvalue weighted by molar-refractivity contribution is 5.66. The number of aromatic nitrogens is 3. The lowest BCUT2D eigenvalue weighted by Crippen LogP contribution is -1.95. The molecule has 2 aromatic heterocycles. The Bertz CT molecular complexity index is 656. The Morgan fingerprint density at radius 2 is 2.32 bits per heavy atom. The van der Waals surface area contributed by atoms with Gasteiger partial charge >= 0.3 is 0 Å². The van der Waals surface area contributed by atoms with E-state index < -0.39 is 0 Å². The third-order valence-electron chi connectivity index (χ3n) is 2.96. The zero-order valence-electron chi connectivity index (χ0n) is 10.6. The van der Waals surface area contributed by atoms with Crippen LogP contribution in [-0.2, 0) is 6.61 Å². The van der Waals surface area contributed by atoms with Crippen LogP contribution in [0.4, 0.5) is 0 Å². The van der Waals surface area contributed by atoms with E-state index in [9.17, 15) is 0 Å². The first-order valence-corrected chi connectivity index (χ1v) is 6.10. The molecule has 1 aromatic carbocycles. The number of hydrogen-bond acceptors (Lipinski definition) is 2. The number of rotatable bonds is 4. The van der Waals surface area contributed by atoms with Crippen molar-refractivity contribution < 1.29 is 4.74 Å². The molecule has 0 bridgehead atoms. The summed E-state index contributed by atoms with van der Waals surface area (Å²) in [7, 11) is 0. The fourth-order valence-electron chi connectivity index (χ4n) is 1.96. The normalized spacial score (nSPS) is 10.6. The van der Waals surface area contributed by atoms with Crippen molar-refractivity contribution in [2.75, 3.05) is 0 Å². The maximum Gasteiger partial charge on any atom is 0.128 e. The third kappa shape index (κ3) is 2.52. The molecule has 0 aliphatic carbocycles. The number of aromatic amines is 2. The summed E-state index contributed by atoms with van der Waals surface area (Å²) in [5.74, 6) is 0.799. The molecule has 2 heterocycles. The van der Waals surface area contributed by atoms with Crippen LogP contribution in [0, 0.1) is 13.0 Å². The molecule has 95 valence electrons. The number of benzene rings is 1. The third-order valence-corrected chi connectivity index (χ3v) is 2.96. The molecule has 19 heavy (non-hydrogen) atoms. The number of nitrogens with one attached hydrogen (secondary N) is 2. The van der Waals surface area contributed by atoms with E-state index in [1.165, 1.54) is 0 Å². The Morgan fingerprint density at radius 1 is 1.37 bits per heavy atom. The molecule has 0 saturated carbocycles. The second-order valence-corrected chi connectivity index (χ2v) is 4.33. The van der Waals surface area contributed by atoms with Crippen LogP contribution in [-0.4, -0.2) is 15.2 Å². The molecule has 0 atom stereocenters. The topological polar surface area (TPSA) is 53.7 Å². The molecule has 0 saturated heterocycles. The monoisotopic (exact) mass is 252 g/mol. The molecule has 0 aliphatic rings. The summed E-state index contributed by atoms with van der Waals surface area (Å²) in [5, 5.41) is 6.99. The fraction of sp³-hybridized carbons (Fsp3) is 0.133. The highest BCUT2D eigenvalue weighted by Crippen LogP contribution is 2.25. The van der Waals surface area contributed by atoms with Gasteiger partial charge in [0.2, 0.25) is 0 Å². The largest absolute Gasteiger partial charge is 0.487 e. The van der Waals surface area contributed by atoms with E-state index in [0.29, 0.717) is 6.61 Å². The average molecular weight is 252 g/mol. The molecule has 2 N–H and O–H groups in total. The summed E-state index contributed by atoms with van der Waals surface area (Å²) in [6.07, 6.45) is 3.77.